The van der Waals surface area contributed by atoms with Crippen molar-refractivity contribution >= 4 is 18.3 Å². The van der Waals surface area contributed by atoms with Crippen molar-refractivity contribution in [2.75, 3.05) is 20.2 Å². The molecule has 1 saturated heterocycles. The Balaban J connectivity index is 0.00000300. The molecule has 3 rings (SSSR count). The van der Waals surface area contributed by atoms with E-state index in [-0.39, 0.29) is 30.3 Å². The van der Waals surface area contributed by atoms with E-state index in [1.165, 1.54) is 0 Å². The van der Waals surface area contributed by atoms with Crippen molar-refractivity contribution in [3.8, 4) is 5.75 Å². The average molecular weight is 418 g/mol. The van der Waals surface area contributed by atoms with Gasteiger partial charge < -0.3 is 15.0 Å². The third kappa shape index (κ3) is 6.72. The van der Waals surface area contributed by atoms with Crippen LogP contribution >= 0.6 is 12.4 Å². The molecule has 2 unspecified atom stereocenters. The second-order valence-corrected chi connectivity index (χ2v) is 7.56. The summed E-state index contributed by atoms with van der Waals surface area (Å²) in [6.07, 6.45) is 5.42. The number of hydrogen-bond donors (Lipinski definition) is 1. The summed E-state index contributed by atoms with van der Waals surface area (Å²) in [4.78, 5) is 19.9. The topological polar surface area (TPSA) is 54.5 Å². The van der Waals surface area contributed by atoms with E-state index in [1.54, 1.807) is 13.3 Å². The number of amides is 1. The normalized spacial score (nSPS) is 17.5. The molecule has 1 aliphatic heterocycles. The fraction of sp³-hybridized carbons (Fsp3) is 0.478. The van der Waals surface area contributed by atoms with Crippen LogP contribution in [0, 0.1) is 0 Å². The molecule has 29 heavy (non-hydrogen) atoms. The highest BCUT2D eigenvalue weighted by Crippen LogP contribution is 2.26. The average Bonchev–Trinajstić information content (AvgIpc) is 3.02. The standard InChI is InChI=1S/C23H31N3O2.ClH/c1-18(19-7-5-10-22(16-19)28-2)15-23(27)26(17-20-8-3-4-13-25-20)21-9-6-12-24-14-11-21;/h3-5,7-8,10,13,16,18,21,24H,6,9,11-12,14-15,17H2,1-2H3;1H. The summed E-state index contributed by atoms with van der Waals surface area (Å²) >= 11 is 0. The molecule has 1 aromatic carbocycles. The summed E-state index contributed by atoms with van der Waals surface area (Å²) < 4.78 is 5.33. The lowest BCUT2D eigenvalue weighted by molar-refractivity contribution is -0.135. The van der Waals surface area contributed by atoms with Crippen molar-refractivity contribution in [3.63, 3.8) is 0 Å². The van der Waals surface area contributed by atoms with Gasteiger partial charge in [0, 0.05) is 18.7 Å². The smallest absolute Gasteiger partial charge is 0.223 e. The molecular weight excluding hydrogens is 386 g/mol. The summed E-state index contributed by atoms with van der Waals surface area (Å²) in [5.74, 6) is 1.17. The number of benzene rings is 1. The third-order valence-corrected chi connectivity index (χ3v) is 5.51. The van der Waals surface area contributed by atoms with Crippen LogP contribution in [0.4, 0.5) is 0 Å². The molecule has 1 amide bonds. The molecule has 1 fully saturated rings. The van der Waals surface area contributed by atoms with Crippen LogP contribution in [0.3, 0.4) is 0 Å². The highest BCUT2D eigenvalue weighted by atomic mass is 35.5. The highest BCUT2D eigenvalue weighted by Gasteiger charge is 2.26. The molecule has 2 aromatic rings. The lowest BCUT2D eigenvalue weighted by Crippen LogP contribution is -2.41. The molecule has 0 bridgehead atoms. The minimum absolute atomic E-state index is 0. The summed E-state index contributed by atoms with van der Waals surface area (Å²) in [5, 5.41) is 3.45. The van der Waals surface area contributed by atoms with Crippen LogP contribution in [0.5, 0.6) is 5.75 Å². The Labute approximate surface area is 180 Å². The van der Waals surface area contributed by atoms with Crippen molar-refractivity contribution in [1.29, 1.82) is 0 Å². The van der Waals surface area contributed by atoms with E-state index in [0.717, 1.165) is 49.4 Å². The summed E-state index contributed by atoms with van der Waals surface area (Å²) in [7, 11) is 1.67. The molecule has 0 spiro atoms. The maximum absolute atomic E-state index is 13.3. The second kappa shape index (κ2) is 11.8. The number of nitrogens with zero attached hydrogens (tertiary/aromatic N) is 2. The lowest BCUT2D eigenvalue weighted by atomic mass is 9.96. The van der Waals surface area contributed by atoms with Gasteiger partial charge in [0.2, 0.25) is 5.91 Å². The fourth-order valence-electron chi connectivity index (χ4n) is 3.84. The first-order valence-corrected chi connectivity index (χ1v) is 10.2. The molecule has 1 aromatic heterocycles. The minimum atomic E-state index is 0. The van der Waals surface area contributed by atoms with Crippen LogP contribution in [0.2, 0.25) is 0 Å². The maximum atomic E-state index is 13.3. The van der Waals surface area contributed by atoms with Crippen LogP contribution in [0.15, 0.2) is 48.7 Å². The van der Waals surface area contributed by atoms with Crippen LogP contribution in [0.25, 0.3) is 0 Å². The Kier molecular flexibility index (Phi) is 9.42. The molecule has 2 atom stereocenters. The Morgan fingerprint density at radius 3 is 2.86 bits per heavy atom. The van der Waals surface area contributed by atoms with Gasteiger partial charge in [-0.05, 0) is 68.1 Å². The number of carbonyl (C=O) groups excluding carboxylic acids is 1. The predicted octanol–water partition coefficient (Wildman–Crippen LogP) is 4.18. The molecular formula is C23H32ClN3O2. The van der Waals surface area contributed by atoms with Crippen LogP contribution in [0.1, 0.15) is 49.8 Å². The van der Waals surface area contributed by atoms with Gasteiger partial charge in [0.05, 0.1) is 19.3 Å². The van der Waals surface area contributed by atoms with Crippen LogP contribution in [-0.4, -0.2) is 42.0 Å². The zero-order valence-corrected chi connectivity index (χ0v) is 18.2. The summed E-state index contributed by atoms with van der Waals surface area (Å²) in [6, 6.07) is 14.2. The van der Waals surface area contributed by atoms with Gasteiger partial charge in [-0.25, -0.2) is 0 Å². The van der Waals surface area contributed by atoms with Crippen molar-refractivity contribution in [1.82, 2.24) is 15.2 Å². The first-order valence-electron chi connectivity index (χ1n) is 10.2. The number of carbonyl (C=O) groups is 1. The van der Waals surface area contributed by atoms with E-state index in [9.17, 15) is 4.79 Å². The van der Waals surface area contributed by atoms with Crippen LogP contribution in [-0.2, 0) is 11.3 Å². The van der Waals surface area contributed by atoms with Gasteiger partial charge in [0.25, 0.3) is 0 Å². The molecule has 2 heterocycles. The Hall–Kier alpha value is -2.11. The van der Waals surface area contributed by atoms with Gasteiger partial charge in [0.1, 0.15) is 5.75 Å². The first kappa shape index (κ1) is 23.2. The van der Waals surface area contributed by atoms with Crippen molar-refractivity contribution in [3.05, 3.63) is 59.9 Å². The predicted molar refractivity (Wildman–Crippen MR) is 119 cm³/mol. The molecule has 1 N–H and O–H groups in total. The number of aromatic nitrogens is 1. The van der Waals surface area contributed by atoms with E-state index in [1.807, 2.05) is 36.4 Å². The van der Waals surface area contributed by atoms with Gasteiger partial charge in [-0.1, -0.05) is 25.1 Å². The molecule has 1 aliphatic rings. The summed E-state index contributed by atoms with van der Waals surface area (Å²) in [6.45, 7) is 4.68. The van der Waals surface area contributed by atoms with E-state index in [0.29, 0.717) is 13.0 Å². The monoisotopic (exact) mass is 417 g/mol. The third-order valence-electron chi connectivity index (χ3n) is 5.51. The first-order chi connectivity index (χ1) is 13.7. The minimum Gasteiger partial charge on any atom is -0.497 e. The Morgan fingerprint density at radius 2 is 2.10 bits per heavy atom. The van der Waals surface area contributed by atoms with Gasteiger partial charge in [-0.2, -0.15) is 0 Å². The number of rotatable bonds is 7. The largest absolute Gasteiger partial charge is 0.497 e. The number of methoxy groups -OCH3 is 1. The Morgan fingerprint density at radius 1 is 1.24 bits per heavy atom. The number of nitrogens with one attached hydrogen (secondary N) is 1. The van der Waals surface area contributed by atoms with Crippen LogP contribution < -0.4 is 10.1 Å². The fourth-order valence-corrected chi connectivity index (χ4v) is 3.84. The number of hydrogen-bond acceptors (Lipinski definition) is 4. The molecule has 0 aliphatic carbocycles. The van der Waals surface area contributed by atoms with Crippen molar-refractivity contribution < 1.29 is 9.53 Å². The molecule has 5 nitrogen and oxygen atoms in total. The molecule has 0 saturated carbocycles. The molecule has 0 radical (unpaired) electrons. The zero-order chi connectivity index (χ0) is 19.8. The van der Waals surface area contributed by atoms with E-state index < -0.39 is 0 Å². The van der Waals surface area contributed by atoms with Crippen molar-refractivity contribution in [2.45, 2.75) is 51.1 Å². The van der Waals surface area contributed by atoms with Crippen molar-refractivity contribution in [2.24, 2.45) is 0 Å². The number of ether oxygens (including phenoxy) is 1. The lowest BCUT2D eigenvalue weighted by Gasteiger charge is -2.32. The second-order valence-electron chi connectivity index (χ2n) is 7.56. The maximum Gasteiger partial charge on any atom is 0.223 e. The zero-order valence-electron chi connectivity index (χ0n) is 17.3. The Bertz CT molecular complexity index is 749. The molecule has 158 valence electrons. The van der Waals surface area contributed by atoms with Gasteiger partial charge in [-0.3, -0.25) is 9.78 Å². The van der Waals surface area contributed by atoms with E-state index in [4.69, 9.17) is 4.74 Å². The summed E-state index contributed by atoms with van der Waals surface area (Å²) in [5.41, 5.74) is 2.08. The van der Waals surface area contributed by atoms with Gasteiger partial charge in [-0.15, -0.1) is 12.4 Å². The van der Waals surface area contributed by atoms with E-state index in [2.05, 4.69) is 28.2 Å². The quantitative estimate of drug-likeness (QED) is 0.734. The van der Waals surface area contributed by atoms with E-state index >= 15 is 0 Å². The number of halogens is 1. The number of pyridine rings is 1. The molecule has 6 heteroatoms. The van der Waals surface area contributed by atoms with Gasteiger partial charge >= 0.3 is 0 Å². The van der Waals surface area contributed by atoms with Gasteiger partial charge in [0.15, 0.2) is 0 Å². The highest BCUT2D eigenvalue weighted by molar-refractivity contribution is 5.85. The SMILES string of the molecule is COc1cccc(C(C)CC(=O)N(Cc2ccccn2)C2CCCNCC2)c1.Cl.